The maximum absolute atomic E-state index is 13.3. The van der Waals surface area contributed by atoms with E-state index in [9.17, 15) is 9.59 Å². The summed E-state index contributed by atoms with van der Waals surface area (Å²) in [7, 11) is 0. The van der Waals surface area contributed by atoms with E-state index < -0.39 is 0 Å². The highest BCUT2D eigenvalue weighted by molar-refractivity contribution is 9.10. The van der Waals surface area contributed by atoms with Crippen molar-refractivity contribution < 1.29 is 14.3 Å². The minimum Gasteiger partial charge on any atom is -0.379 e. The average molecular weight is 538 g/mol. The lowest BCUT2D eigenvalue weighted by Crippen LogP contribution is -2.49. The van der Waals surface area contributed by atoms with Crippen LogP contribution in [0.2, 0.25) is 0 Å². The molecule has 0 saturated carbocycles. The molecule has 34 heavy (non-hydrogen) atoms. The fourth-order valence-electron chi connectivity index (χ4n) is 4.98. The summed E-state index contributed by atoms with van der Waals surface area (Å²) in [6.45, 7) is 13.6. The molecule has 2 amide bonds. The maximum atomic E-state index is 13.3. The van der Waals surface area contributed by atoms with Crippen LogP contribution in [-0.4, -0.2) is 122 Å². The number of nitrogens with one attached hydrogen (secondary N) is 1. The van der Waals surface area contributed by atoms with Gasteiger partial charge in [-0.05, 0) is 47.3 Å². The van der Waals surface area contributed by atoms with E-state index in [1.807, 2.05) is 4.90 Å². The monoisotopic (exact) mass is 536 g/mol. The largest absolute Gasteiger partial charge is 0.379 e. The quantitative estimate of drug-likeness (QED) is 0.566. The number of piperidine rings is 1. The summed E-state index contributed by atoms with van der Waals surface area (Å²) in [5.74, 6) is 0.379. The van der Waals surface area contributed by atoms with Crippen molar-refractivity contribution >= 4 is 33.4 Å². The third kappa shape index (κ3) is 6.97. The highest BCUT2D eigenvalue weighted by Crippen LogP contribution is 2.24. The number of halogens is 1. The Morgan fingerprint density at radius 1 is 1.03 bits per heavy atom. The molecule has 0 aliphatic carbocycles. The molecule has 0 unspecified atom stereocenters. The molecule has 1 aromatic rings. The molecule has 4 heterocycles. The average Bonchev–Trinajstić information content (AvgIpc) is 2.85. The number of morpholine rings is 1. The molecule has 1 N–H and O–H groups in total. The zero-order valence-electron chi connectivity index (χ0n) is 20.2. The summed E-state index contributed by atoms with van der Waals surface area (Å²) in [5, 5.41) is 2.92. The van der Waals surface area contributed by atoms with Gasteiger partial charge in [0.25, 0.3) is 5.91 Å². The SMILES string of the molecule is CCN1CCN(CC2CCN(C(=O)c3ncc(Br)cc3NC(=O)CN3CCOCC3)CC2)CC1. The number of anilines is 1. The molecule has 0 bridgehead atoms. The molecule has 188 valence electrons. The lowest BCUT2D eigenvalue weighted by Gasteiger charge is -2.38. The molecule has 4 rings (SSSR count). The van der Waals surface area contributed by atoms with E-state index in [1.165, 1.54) is 0 Å². The molecule has 1 aromatic heterocycles. The van der Waals surface area contributed by atoms with E-state index in [1.54, 1.807) is 12.3 Å². The summed E-state index contributed by atoms with van der Waals surface area (Å²) in [6, 6.07) is 1.76. The normalized spacial score (nSPS) is 21.5. The molecule has 9 nitrogen and oxygen atoms in total. The number of amides is 2. The Morgan fingerprint density at radius 3 is 2.38 bits per heavy atom. The van der Waals surface area contributed by atoms with E-state index >= 15 is 0 Å². The van der Waals surface area contributed by atoms with Crippen molar-refractivity contribution in [1.82, 2.24) is 24.6 Å². The molecule has 3 saturated heterocycles. The highest BCUT2D eigenvalue weighted by atomic mass is 79.9. The van der Waals surface area contributed by atoms with Crippen LogP contribution in [0.4, 0.5) is 5.69 Å². The number of hydrogen-bond acceptors (Lipinski definition) is 7. The summed E-state index contributed by atoms with van der Waals surface area (Å²) in [6.07, 6.45) is 3.64. The van der Waals surface area contributed by atoms with Gasteiger partial charge in [0, 0.05) is 69.6 Å². The molecular weight excluding hydrogens is 500 g/mol. The van der Waals surface area contributed by atoms with Gasteiger partial charge in [-0.15, -0.1) is 0 Å². The molecule has 0 spiro atoms. The van der Waals surface area contributed by atoms with Crippen molar-refractivity contribution in [3.05, 3.63) is 22.4 Å². The van der Waals surface area contributed by atoms with Crippen LogP contribution in [0.1, 0.15) is 30.3 Å². The van der Waals surface area contributed by atoms with Crippen molar-refractivity contribution in [2.45, 2.75) is 19.8 Å². The first-order valence-electron chi connectivity index (χ1n) is 12.5. The topological polar surface area (TPSA) is 81.2 Å². The Hall–Kier alpha value is -1.59. The van der Waals surface area contributed by atoms with Crippen molar-refractivity contribution in [1.29, 1.82) is 0 Å². The highest BCUT2D eigenvalue weighted by Gasteiger charge is 2.28. The predicted molar refractivity (Wildman–Crippen MR) is 135 cm³/mol. The van der Waals surface area contributed by atoms with Gasteiger partial charge < -0.3 is 24.8 Å². The van der Waals surface area contributed by atoms with Crippen molar-refractivity contribution in [2.24, 2.45) is 5.92 Å². The predicted octanol–water partition coefficient (Wildman–Crippen LogP) is 1.60. The molecule has 0 aromatic carbocycles. The van der Waals surface area contributed by atoms with Crippen molar-refractivity contribution in [2.75, 3.05) is 90.5 Å². The number of nitrogens with zero attached hydrogens (tertiary/aromatic N) is 5. The molecule has 0 atom stereocenters. The zero-order chi connectivity index (χ0) is 23.9. The fraction of sp³-hybridized carbons (Fsp3) is 0.708. The molecule has 3 fully saturated rings. The van der Waals surface area contributed by atoms with E-state index in [2.05, 4.69) is 47.9 Å². The van der Waals surface area contributed by atoms with Gasteiger partial charge in [-0.25, -0.2) is 4.98 Å². The van der Waals surface area contributed by atoms with Crippen molar-refractivity contribution in [3.63, 3.8) is 0 Å². The van der Waals surface area contributed by atoms with Gasteiger partial charge in [-0.3, -0.25) is 14.5 Å². The smallest absolute Gasteiger partial charge is 0.274 e. The van der Waals surface area contributed by atoms with E-state index in [0.29, 0.717) is 30.5 Å². The first-order chi connectivity index (χ1) is 16.5. The van der Waals surface area contributed by atoms with Crippen LogP contribution in [0.5, 0.6) is 0 Å². The third-order valence-electron chi connectivity index (χ3n) is 7.13. The molecule has 0 radical (unpaired) electrons. The summed E-state index contributed by atoms with van der Waals surface area (Å²) in [5.41, 5.74) is 0.779. The number of rotatable bonds is 7. The lowest BCUT2D eigenvalue weighted by atomic mass is 9.95. The Morgan fingerprint density at radius 2 is 1.71 bits per heavy atom. The molecular formula is C24H37BrN6O3. The van der Waals surface area contributed by atoms with Gasteiger partial charge in [-0.1, -0.05) is 6.92 Å². The second kappa shape index (κ2) is 12.4. The van der Waals surface area contributed by atoms with Gasteiger partial charge >= 0.3 is 0 Å². The van der Waals surface area contributed by atoms with Gasteiger partial charge in [0.2, 0.25) is 5.91 Å². The number of likely N-dealkylation sites (tertiary alicyclic amines) is 1. The lowest BCUT2D eigenvalue weighted by molar-refractivity contribution is -0.118. The van der Waals surface area contributed by atoms with Gasteiger partial charge in [0.15, 0.2) is 5.69 Å². The minimum atomic E-state index is -0.141. The van der Waals surface area contributed by atoms with E-state index in [-0.39, 0.29) is 18.4 Å². The maximum Gasteiger partial charge on any atom is 0.274 e. The van der Waals surface area contributed by atoms with Crippen LogP contribution >= 0.6 is 15.9 Å². The Bertz CT molecular complexity index is 834. The van der Waals surface area contributed by atoms with Crippen LogP contribution in [0.25, 0.3) is 0 Å². The summed E-state index contributed by atoms with van der Waals surface area (Å²) >= 11 is 3.42. The number of likely N-dealkylation sites (N-methyl/N-ethyl adjacent to an activating group) is 1. The van der Waals surface area contributed by atoms with Crippen molar-refractivity contribution in [3.8, 4) is 0 Å². The number of carbonyl (C=O) groups is 2. The number of aromatic nitrogens is 1. The molecule has 3 aliphatic rings. The third-order valence-corrected chi connectivity index (χ3v) is 7.57. The van der Waals surface area contributed by atoms with E-state index in [0.717, 1.165) is 82.8 Å². The number of ether oxygens (including phenoxy) is 1. The first-order valence-corrected chi connectivity index (χ1v) is 13.3. The van der Waals surface area contributed by atoms with Crippen LogP contribution in [0.15, 0.2) is 16.7 Å². The standard InChI is InChI=1S/C24H37BrN6O3/c1-2-28-7-9-29(10-8-28)17-19-3-5-31(6-4-19)24(33)23-21(15-20(25)16-26-23)27-22(32)18-30-11-13-34-14-12-30/h15-16,19H,2-14,17-18H2,1H3,(H,27,32). The molecule has 10 heteroatoms. The Labute approximate surface area is 210 Å². The summed E-state index contributed by atoms with van der Waals surface area (Å²) < 4.78 is 6.08. The second-order valence-electron chi connectivity index (χ2n) is 9.46. The zero-order valence-corrected chi connectivity index (χ0v) is 21.8. The number of pyridine rings is 1. The number of piperazine rings is 1. The summed E-state index contributed by atoms with van der Waals surface area (Å²) in [4.78, 5) is 39.4. The fourth-order valence-corrected chi connectivity index (χ4v) is 5.31. The Balaban J connectivity index is 1.30. The number of carbonyl (C=O) groups excluding carboxylic acids is 2. The Kier molecular flexibility index (Phi) is 9.30. The van der Waals surface area contributed by atoms with Crippen LogP contribution in [-0.2, 0) is 9.53 Å². The van der Waals surface area contributed by atoms with Crippen LogP contribution in [0, 0.1) is 5.92 Å². The van der Waals surface area contributed by atoms with Gasteiger partial charge in [0.1, 0.15) is 0 Å². The van der Waals surface area contributed by atoms with Crippen LogP contribution < -0.4 is 5.32 Å². The van der Waals surface area contributed by atoms with Crippen LogP contribution in [0.3, 0.4) is 0 Å². The van der Waals surface area contributed by atoms with Gasteiger partial charge in [0.05, 0.1) is 25.4 Å². The van der Waals surface area contributed by atoms with E-state index in [4.69, 9.17) is 4.74 Å². The second-order valence-corrected chi connectivity index (χ2v) is 10.4. The molecule has 3 aliphatic heterocycles. The number of hydrogen-bond donors (Lipinski definition) is 1. The van der Waals surface area contributed by atoms with Gasteiger partial charge in [-0.2, -0.15) is 0 Å². The first kappa shape index (κ1) is 25.5. The minimum absolute atomic E-state index is 0.107.